The van der Waals surface area contributed by atoms with Crippen LogP contribution in [0.4, 0.5) is 23.7 Å². The monoisotopic (exact) mass is 484 g/mol. The minimum absolute atomic E-state index is 0.287. The van der Waals surface area contributed by atoms with Crippen LogP contribution in [0.5, 0.6) is 5.75 Å². The summed E-state index contributed by atoms with van der Waals surface area (Å²) in [6.07, 6.45) is -3.23. The third kappa shape index (κ3) is 5.70. The van der Waals surface area contributed by atoms with Gasteiger partial charge in [-0.15, -0.1) is 24.5 Å². The Hall–Kier alpha value is -3.92. The molecule has 3 aromatic carbocycles. The van der Waals surface area contributed by atoms with Crippen molar-refractivity contribution in [1.82, 2.24) is 10.4 Å². The number of aryl methyl sites for hydroxylation is 2. The molecule has 0 aliphatic carbocycles. The van der Waals surface area contributed by atoms with Crippen LogP contribution in [0.15, 0.2) is 65.8 Å². The molecule has 6 nitrogen and oxygen atoms in total. The number of hydrazone groups is 1. The van der Waals surface area contributed by atoms with E-state index in [0.717, 1.165) is 27.1 Å². The number of amides is 2. The van der Waals surface area contributed by atoms with Crippen molar-refractivity contribution in [3.63, 3.8) is 0 Å². The number of rotatable bonds is 5. The maximum atomic E-state index is 12.3. The number of alkyl halides is 3. The molecular weight excluding hydrogens is 465 g/mol. The Morgan fingerprint density at radius 2 is 1.76 bits per heavy atom. The summed E-state index contributed by atoms with van der Waals surface area (Å²) in [7, 11) is 0. The highest BCUT2D eigenvalue weighted by molar-refractivity contribution is 7.21. The molecule has 0 aliphatic rings. The van der Waals surface area contributed by atoms with Crippen LogP contribution in [-0.2, 0) is 0 Å². The number of nitrogens with one attached hydrogen (secondary N) is 2. The van der Waals surface area contributed by atoms with E-state index < -0.39 is 12.4 Å². The van der Waals surface area contributed by atoms with Crippen molar-refractivity contribution in [1.29, 1.82) is 0 Å². The number of carbonyl (C=O) groups is 1. The first-order valence-electron chi connectivity index (χ1n) is 10.1. The van der Waals surface area contributed by atoms with Gasteiger partial charge in [-0.25, -0.2) is 15.2 Å². The number of para-hydroxylation sites is 1. The van der Waals surface area contributed by atoms with Gasteiger partial charge in [0.15, 0.2) is 0 Å². The zero-order valence-corrected chi connectivity index (χ0v) is 18.9. The van der Waals surface area contributed by atoms with Gasteiger partial charge in [-0.2, -0.15) is 5.10 Å². The van der Waals surface area contributed by atoms with Crippen LogP contribution in [0.1, 0.15) is 16.7 Å². The zero-order chi connectivity index (χ0) is 24.3. The first kappa shape index (κ1) is 23.2. The molecule has 0 spiro atoms. The topological polar surface area (TPSA) is 75.6 Å². The number of nitrogens with zero attached hydrogens (tertiary/aromatic N) is 2. The molecule has 0 atom stereocenters. The van der Waals surface area contributed by atoms with E-state index in [1.807, 2.05) is 50.2 Å². The summed E-state index contributed by atoms with van der Waals surface area (Å²) >= 11 is 1.41. The molecule has 2 amide bonds. The summed E-state index contributed by atoms with van der Waals surface area (Å²) in [5.74, 6) is -0.287. The molecule has 1 heterocycles. The molecule has 0 bridgehead atoms. The van der Waals surface area contributed by atoms with E-state index in [9.17, 15) is 18.0 Å². The molecule has 10 heteroatoms. The summed E-state index contributed by atoms with van der Waals surface area (Å²) in [5, 5.41) is 7.44. The predicted molar refractivity (Wildman–Crippen MR) is 127 cm³/mol. The number of anilines is 1. The molecule has 4 rings (SSSR count). The van der Waals surface area contributed by atoms with Crippen molar-refractivity contribution >= 4 is 39.5 Å². The first-order valence-corrected chi connectivity index (χ1v) is 10.9. The SMILES string of the molecule is Cc1cccc(C)c1NC(=O)N/N=C/c1ccc2sc(-c3ccc(OC(F)(F)F)cc3)nc2c1. The van der Waals surface area contributed by atoms with Gasteiger partial charge in [-0.05, 0) is 66.9 Å². The largest absolute Gasteiger partial charge is 0.573 e. The summed E-state index contributed by atoms with van der Waals surface area (Å²) < 4.78 is 41.8. The van der Waals surface area contributed by atoms with E-state index in [2.05, 4.69) is 25.6 Å². The average molecular weight is 485 g/mol. The van der Waals surface area contributed by atoms with Crippen molar-refractivity contribution in [3.8, 4) is 16.3 Å². The summed E-state index contributed by atoms with van der Waals surface area (Å²) in [5.41, 5.74) is 7.20. The highest BCUT2D eigenvalue weighted by atomic mass is 32.1. The van der Waals surface area contributed by atoms with Crippen LogP contribution in [0, 0.1) is 13.8 Å². The Labute approximate surface area is 197 Å². The van der Waals surface area contributed by atoms with Crippen LogP contribution in [-0.4, -0.2) is 23.6 Å². The van der Waals surface area contributed by atoms with Gasteiger partial charge in [0.05, 0.1) is 16.4 Å². The number of carbonyl (C=O) groups excluding carboxylic acids is 1. The maximum Gasteiger partial charge on any atom is 0.573 e. The fourth-order valence-electron chi connectivity index (χ4n) is 3.27. The molecule has 0 fully saturated rings. The highest BCUT2D eigenvalue weighted by Gasteiger charge is 2.31. The van der Waals surface area contributed by atoms with Gasteiger partial charge in [0, 0.05) is 11.3 Å². The van der Waals surface area contributed by atoms with Crippen LogP contribution in [0.2, 0.25) is 0 Å². The molecule has 0 aliphatic heterocycles. The molecule has 0 unspecified atom stereocenters. The number of halogens is 3. The summed E-state index contributed by atoms with van der Waals surface area (Å²) in [4.78, 5) is 16.7. The average Bonchev–Trinajstić information content (AvgIpc) is 3.19. The van der Waals surface area contributed by atoms with Crippen LogP contribution in [0.3, 0.4) is 0 Å². The number of ether oxygens (including phenoxy) is 1. The van der Waals surface area contributed by atoms with Crippen molar-refractivity contribution in [2.45, 2.75) is 20.2 Å². The lowest BCUT2D eigenvalue weighted by molar-refractivity contribution is -0.274. The molecule has 4 aromatic rings. The van der Waals surface area contributed by atoms with Gasteiger partial charge in [0.1, 0.15) is 10.8 Å². The van der Waals surface area contributed by atoms with E-state index in [1.54, 1.807) is 0 Å². The van der Waals surface area contributed by atoms with E-state index in [-0.39, 0.29) is 5.75 Å². The van der Waals surface area contributed by atoms with E-state index in [1.165, 1.54) is 41.8 Å². The van der Waals surface area contributed by atoms with Gasteiger partial charge in [0.25, 0.3) is 0 Å². The maximum absolute atomic E-state index is 12.3. The Morgan fingerprint density at radius 3 is 2.44 bits per heavy atom. The number of aromatic nitrogens is 1. The number of fused-ring (bicyclic) bond motifs is 1. The standard InChI is InChI=1S/C24H19F3N4O2S/c1-14-4-3-5-15(2)21(14)30-23(32)31-28-13-16-6-11-20-19(12-16)29-22(34-20)17-7-9-18(10-8-17)33-24(25,26)27/h3-13H,1-2H3,(H2,30,31,32)/b28-13+. The molecule has 0 radical (unpaired) electrons. The first-order chi connectivity index (χ1) is 16.2. The summed E-state index contributed by atoms with van der Waals surface area (Å²) in [6, 6.07) is 16.4. The fraction of sp³-hybridized carbons (Fsp3) is 0.125. The van der Waals surface area contributed by atoms with Gasteiger partial charge >= 0.3 is 12.4 Å². The minimum Gasteiger partial charge on any atom is -0.406 e. The Kier molecular flexibility index (Phi) is 6.51. The summed E-state index contributed by atoms with van der Waals surface area (Å²) in [6.45, 7) is 3.82. The van der Waals surface area contributed by atoms with Crippen molar-refractivity contribution in [3.05, 3.63) is 77.4 Å². The lowest BCUT2D eigenvalue weighted by Crippen LogP contribution is -2.25. The van der Waals surface area contributed by atoms with Crippen molar-refractivity contribution in [2.75, 3.05) is 5.32 Å². The fourth-order valence-corrected chi connectivity index (χ4v) is 4.22. The van der Waals surface area contributed by atoms with Crippen molar-refractivity contribution in [2.24, 2.45) is 5.10 Å². The second kappa shape index (κ2) is 9.52. The second-order valence-corrected chi connectivity index (χ2v) is 8.44. The Morgan fingerprint density at radius 1 is 1.06 bits per heavy atom. The number of benzene rings is 3. The third-order valence-corrected chi connectivity index (χ3v) is 5.93. The second-order valence-electron chi connectivity index (χ2n) is 7.41. The van der Waals surface area contributed by atoms with E-state index in [4.69, 9.17) is 0 Å². The molecule has 1 aromatic heterocycles. The molecule has 0 saturated heterocycles. The van der Waals surface area contributed by atoms with Crippen LogP contribution in [0.25, 0.3) is 20.8 Å². The van der Waals surface area contributed by atoms with E-state index >= 15 is 0 Å². The molecule has 174 valence electrons. The van der Waals surface area contributed by atoms with Gasteiger partial charge in [-0.1, -0.05) is 24.3 Å². The van der Waals surface area contributed by atoms with Crippen molar-refractivity contribution < 1.29 is 22.7 Å². The number of thiazole rings is 1. The number of urea groups is 1. The number of hydrogen-bond donors (Lipinski definition) is 2. The normalized spacial score (nSPS) is 11.7. The smallest absolute Gasteiger partial charge is 0.406 e. The van der Waals surface area contributed by atoms with Gasteiger partial charge < -0.3 is 10.1 Å². The Bertz CT molecular complexity index is 1340. The van der Waals surface area contributed by atoms with Crippen LogP contribution >= 0.6 is 11.3 Å². The highest BCUT2D eigenvalue weighted by Crippen LogP contribution is 2.32. The molecule has 2 N–H and O–H groups in total. The zero-order valence-electron chi connectivity index (χ0n) is 18.1. The molecule has 34 heavy (non-hydrogen) atoms. The van der Waals surface area contributed by atoms with Gasteiger partial charge in [0.2, 0.25) is 0 Å². The van der Waals surface area contributed by atoms with E-state index in [0.29, 0.717) is 16.1 Å². The molecular formula is C24H19F3N4O2S. The Balaban J connectivity index is 1.43. The quantitative estimate of drug-likeness (QED) is 0.246. The van der Waals surface area contributed by atoms with Crippen LogP contribution < -0.4 is 15.5 Å². The molecule has 0 saturated carbocycles. The third-order valence-electron chi connectivity index (χ3n) is 4.85. The lowest BCUT2D eigenvalue weighted by atomic mass is 10.1. The lowest BCUT2D eigenvalue weighted by Gasteiger charge is -2.10. The predicted octanol–water partition coefficient (Wildman–Crippen LogP) is 6.63. The minimum atomic E-state index is -4.73. The van der Waals surface area contributed by atoms with Gasteiger partial charge in [-0.3, -0.25) is 0 Å². The number of hydrogen-bond acceptors (Lipinski definition) is 5.